The lowest BCUT2D eigenvalue weighted by Crippen LogP contribution is -2.26. The number of pyridine rings is 1. The van der Waals surface area contributed by atoms with Crippen molar-refractivity contribution in [3.8, 4) is 11.8 Å². The summed E-state index contributed by atoms with van der Waals surface area (Å²) < 4.78 is 5.16. The summed E-state index contributed by atoms with van der Waals surface area (Å²) in [5.74, 6) is 1.38. The molecule has 1 aromatic heterocycles. The number of ether oxygens (including phenoxy) is 1. The molecule has 7 nitrogen and oxygen atoms in total. The molecule has 1 saturated carbocycles. The number of aromatic nitrogens is 1. The molecule has 1 heterocycles. The second kappa shape index (κ2) is 6.54. The molecular formula is C17H16N4O3. The molecule has 2 aromatic rings. The van der Waals surface area contributed by atoms with Crippen molar-refractivity contribution in [2.75, 3.05) is 12.0 Å². The number of nitrogens with zero attached hydrogens (tertiary/aromatic N) is 4. The number of rotatable bonds is 6. The SMILES string of the molecule is COc1ccc(CN(c2ccc([N+](=O)[O-])c(C#N)n2)C2CC2)cc1. The van der Waals surface area contributed by atoms with Crippen LogP contribution in [-0.4, -0.2) is 23.1 Å². The van der Waals surface area contributed by atoms with E-state index >= 15 is 0 Å². The minimum Gasteiger partial charge on any atom is -0.497 e. The highest BCUT2D eigenvalue weighted by atomic mass is 16.6. The Morgan fingerprint density at radius 2 is 2.04 bits per heavy atom. The van der Waals surface area contributed by atoms with Crippen molar-refractivity contribution in [1.82, 2.24) is 4.98 Å². The average Bonchev–Trinajstić information content (AvgIpc) is 3.44. The second-order valence-electron chi connectivity index (χ2n) is 5.61. The van der Waals surface area contributed by atoms with Gasteiger partial charge in [-0.2, -0.15) is 5.26 Å². The highest BCUT2D eigenvalue weighted by Crippen LogP contribution is 2.33. The number of anilines is 1. The van der Waals surface area contributed by atoms with E-state index in [4.69, 9.17) is 10.00 Å². The summed E-state index contributed by atoms with van der Waals surface area (Å²) in [6, 6.07) is 12.9. The van der Waals surface area contributed by atoms with Gasteiger partial charge < -0.3 is 9.64 Å². The van der Waals surface area contributed by atoms with E-state index in [1.54, 1.807) is 13.2 Å². The molecule has 1 aliphatic carbocycles. The van der Waals surface area contributed by atoms with E-state index in [1.807, 2.05) is 30.3 Å². The van der Waals surface area contributed by atoms with Gasteiger partial charge in [0.15, 0.2) is 0 Å². The number of methoxy groups -OCH3 is 1. The molecule has 1 fully saturated rings. The molecule has 1 aromatic carbocycles. The maximum atomic E-state index is 10.9. The van der Waals surface area contributed by atoms with Gasteiger partial charge in [-0.05, 0) is 36.6 Å². The van der Waals surface area contributed by atoms with Crippen LogP contribution in [0, 0.1) is 21.4 Å². The fraction of sp³-hybridized carbons (Fsp3) is 0.294. The van der Waals surface area contributed by atoms with E-state index in [-0.39, 0.29) is 11.4 Å². The van der Waals surface area contributed by atoms with Gasteiger partial charge in [0.25, 0.3) is 0 Å². The Bertz CT molecular complexity index is 794. The first-order valence-corrected chi connectivity index (χ1v) is 7.57. The minimum absolute atomic E-state index is 0.155. The van der Waals surface area contributed by atoms with Crippen molar-refractivity contribution >= 4 is 11.5 Å². The van der Waals surface area contributed by atoms with E-state index in [1.165, 1.54) is 6.07 Å². The molecule has 0 aliphatic heterocycles. The molecular weight excluding hydrogens is 308 g/mol. The van der Waals surface area contributed by atoms with Crippen LogP contribution in [0.2, 0.25) is 0 Å². The summed E-state index contributed by atoms with van der Waals surface area (Å²) in [6.45, 7) is 0.629. The van der Waals surface area contributed by atoms with Crippen molar-refractivity contribution in [2.24, 2.45) is 0 Å². The Morgan fingerprint density at radius 1 is 1.33 bits per heavy atom. The second-order valence-corrected chi connectivity index (χ2v) is 5.61. The van der Waals surface area contributed by atoms with E-state index < -0.39 is 4.92 Å². The summed E-state index contributed by atoms with van der Waals surface area (Å²) >= 11 is 0. The third-order valence-corrected chi connectivity index (χ3v) is 3.96. The fourth-order valence-electron chi connectivity index (χ4n) is 2.54. The third kappa shape index (κ3) is 3.27. The van der Waals surface area contributed by atoms with Crippen LogP contribution in [0.4, 0.5) is 11.5 Å². The maximum absolute atomic E-state index is 10.9. The number of nitriles is 1. The molecule has 3 rings (SSSR count). The van der Waals surface area contributed by atoms with Crippen LogP contribution in [0.5, 0.6) is 5.75 Å². The van der Waals surface area contributed by atoms with E-state index in [2.05, 4.69) is 9.88 Å². The summed E-state index contributed by atoms with van der Waals surface area (Å²) in [5, 5.41) is 20.1. The minimum atomic E-state index is -0.583. The number of hydrogen-bond acceptors (Lipinski definition) is 6. The molecule has 7 heteroatoms. The Balaban J connectivity index is 1.88. The first-order valence-electron chi connectivity index (χ1n) is 7.57. The zero-order valence-corrected chi connectivity index (χ0v) is 13.2. The van der Waals surface area contributed by atoms with Crippen LogP contribution >= 0.6 is 0 Å². The highest BCUT2D eigenvalue weighted by Gasteiger charge is 2.31. The predicted molar refractivity (Wildman–Crippen MR) is 87.8 cm³/mol. The standard InChI is InChI=1S/C17H16N4O3/c1-24-14-6-2-12(3-7-14)11-20(13-4-5-13)17-9-8-16(21(22)23)15(10-18)19-17/h2-3,6-9,13H,4-5,11H2,1H3. The normalized spacial score (nSPS) is 13.2. The molecule has 0 spiro atoms. The Hall–Kier alpha value is -3.14. The van der Waals surface area contributed by atoms with E-state index in [9.17, 15) is 10.1 Å². The number of hydrogen-bond donors (Lipinski definition) is 0. The predicted octanol–water partition coefficient (Wildman–Crippen LogP) is 3.04. The Labute approximate surface area is 139 Å². The number of benzene rings is 1. The van der Waals surface area contributed by atoms with E-state index in [0.29, 0.717) is 18.4 Å². The lowest BCUT2D eigenvalue weighted by atomic mass is 10.2. The Kier molecular flexibility index (Phi) is 4.29. The summed E-state index contributed by atoms with van der Waals surface area (Å²) in [4.78, 5) is 16.7. The van der Waals surface area contributed by atoms with Crippen molar-refractivity contribution in [1.29, 1.82) is 5.26 Å². The fourth-order valence-corrected chi connectivity index (χ4v) is 2.54. The van der Waals surface area contributed by atoms with Gasteiger partial charge in [-0.25, -0.2) is 4.98 Å². The third-order valence-electron chi connectivity index (χ3n) is 3.96. The molecule has 0 radical (unpaired) electrons. The van der Waals surface area contributed by atoms with Crippen LogP contribution in [0.15, 0.2) is 36.4 Å². The maximum Gasteiger partial charge on any atom is 0.305 e. The zero-order valence-electron chi connectivity index (χ0n) is 13.2. The van der Waals surface area contributed by atoms with Crippen molar-refractivity contribution in [2.45, 2.75) is 25.4 Å². The molecule has 122 valence electrons. The molecule has 24 heavy (non-hydrogen) atoms. The van der Waals surface area contributed by atoms with Crippen LogP contribution < -0.4 is 9.64 Å². The monoisotopic (exact) mass is 324 g/mol. The van der Waals surface area contributed by atoms with Gasteiger partial charge in [-0.15, -0.1) is 0 Å². The summed E-state index contributed by atoms with van der Waals surface area (Å²) in [7, 11) is 1.62. The average molecular weight is 324 g/mol. The van der Waals surface area contributed by atoms with Crippen LogP contribution in [0.25, 0.3) is 0 Å². The molecule has 0 bridgehead atoms. The quantitative estimate of drug-likeness (QED) is 0.599. The molecule has 0 saturated heterocycles. The van der Waals surface area contributed by atoms with Gasteiger partial charge >= 0.3 is 5.69 Å². The zero-order chi connectivity index (χ0) is 17.1. The lowest BCUT2D eigenvalue weighted by Gasteiger charge is -2.23. The van der Waals surface area contributed by atoms with Gasteiger partial charge in [0.1, 0.15) is 17.6 Å². The molecule has 0 unspecified atom stereocenters. The Morgan fingerprint density at radius 3 is 2.58 bits per heavy atom. The summed E-state index contributed by atoms with van der Waals surface area (Å²) in [5.41, 5.74) is 0.667. The van der Waals surface area contributed by atoms with Gasteiger partial charge in [0.2, 0.25) is 5.69 Å². The summed E-state index contributed by atoms with van der Waals surface area (Å²) in [6.07, 6.45) is 2.10. The molecule has 0 N–H and O–H groups in total. The largest absolute Gasteiger partial charge is 0.497 e. The first-order chi connectivity index (χ1) is 11.6. The molecule has 0 amide bonds. The van der Waals surface area contributed by atoms with Crippen molar-refractivity contribution in [3.63, 3.8) is 0 Å². The van der Waals surface area contributed by atoms with E-state index in [0.717, 1.165) is 24.2 Å². The van der Waals surface area contributed by atoms with Gasteiger partial charge in [0, 0.05) is 18.7 Å². The van der Waals surface area contributed by atoms with Gasteiger partial charge in [-0.3, -0.25) is 10.1 Å². The smallest absolute Gasteiger partial charge is 0.305 e. The first kappa shape index (κ1) is 15.7. The number of nitro groups is 1. The molecule has 0 atom stereocenters. The molecule has 1 aliphatic rings. The van der Waals surface area contributed by atoms with Crippen LogP contribution in [-0.2, 0) is 6.54 Å². The van der Waals surface area contributed by atoms with Crippen LogP contribution in [0.1, 0.15) is 24.1 Å². The van der Waals surface area contributed by atoms with Crippen molar-refractivity contribution in [3.05, 3.63) is 57.8 Å². The topological polar surface area (TPSA) is 92.3 Å². The van der Waals surface area contributed by atoms with Gasteiger partial charge in [-0.1, -0.05) is 12.1 Å². The van der Waals surface area contributed by atoms with Gasteiger partial charge in [0.05, 0.1) is 12.0 Å². The van der Waals surface area contributed by atoms with Crippen LogP contribution in [0.3, 0.4) is 0 Å². The van der Waals surface area contributed by atoms with Crippen molar-refractivity contribution < 1.29 is 9.66 Å². The highest BCUT2D eigenvalue weighted by molar-refractivity contribution is 5.53. The lowest BCUT2D eigenvalue weighted by molar-refractivity contribution is -0.385.